The number of hydrogen-bond acceptors (Lipinski definition) is 10. The molecule has 4 aromatic rings. The minimum absolute atomic E-state index is 0.0400. The van der Waals surface area contributed by atoms with Crippen LogP contribution in [-0.4, -0.2) is 87.0 Å². The maximum absolute atomic E-state index is 14.3. The Hall–Kier alpha value is -5.79. The van der Waals surface area contributed by atoms with E-state index in [-0.39, 0.29) is 63.5 Å². The Morgan fingerprint density at radius 1 is 1.16 bits per heavy atom. The quantitative estimate of drug-likeness (QED) is 0.236. The van der Waals surface area contributed by atoms with Crippen LogP contribution in [0, 0.1) is 17.1 Å². The first-order chi connectivity index (χ1) is 23.7. The minimum atomic E-state index is -0.972. The highest BCUT2D eigenvalue weighted by Crippen LogP contribution is 2.34. The molecule has 0 aliphatic carbocycles. The van der Waals surface area contributed by atoms with E-state index in [9.17, 15) is 28.8 Å². The van der Waals surface area contributed by atoms with Crippen LogP contribution in [-0.2, 0) is 33.9 Å². The summed E-state index contributed by atoms with van der Waals surface area (Å²) >= 11 is 1.34. The minimum Gasteiger partial charge on any atom is -0.482 e. The molecule has 49 heavy (non-hydrogen) atoms. The predicted molar refractivity (Wildman–Crippen MR) is 176 cm³/mol. The van der Waals surface area contributed by atoms with Crippen molar-refractivity contribution in [2.45, 2.75) is 31.7 Å². The summed E-state index contributed by atoms with van der Waals surface area (Å²) in [5.41, 5.74) is 9.22. The Kier molecular flexibility index (Phi) is 8.45. The molecule has 7 rings (SSSR count). The monoisotopic (exact) mass is 683 g/mol. The molecule has 0 spiro atoms. The van der Waals surface area contributed by atoms with Gasteiger partial charge in [-0.05, 0) is 47.0 Å². The molecule has 4 heterocycles. The van der Waals surface area contributed by atoms with Gasteiger partial charge in [0.25, 0.3) is 5.91 Å². The first-order valence-corrected chi connectivity index (χ1v) is 16.2. The number of halogens is 1. The lowest BCUT2D eigenvalue weighted by molar-refractivity contribution is -0.157. The van der Waals surface area contributed by atoms with Crippen molar-refractivity contribution in [2.75, 3.05) is 37.3 Å². The molecule has 2 saturated heterocycles. The lowest BCUT2D eigenvalue weighted by Gasteiger charge is -2.46. The number of nitrogen functional groups attached to an aromatic ring is 1. The molecule has 2 fully saturated rings. The topological polar surface area (TPSA) is 177 Å². The zero-order valence-electron chi connectivity index (χ0n) is 26.0. The van der Waals surface area contributed by atoms with Crippen LogP contribution in [0.2, 0.25) is 0 Å². The average molecular weight is 684 g/mol. The third kappa shape index (κ3) is 6.28. The lowest BCUT2D eigenvalue weighted by atomic mass is 9.99. The second-order valence-electron chi connectivity index (χ2n) is 11.8. The number of urea groups is 1. The highest BCUT2D eigenvalue weighted by atomic mass is 32.1. The number of nitrogens with two attached hydrogens (primary N) is 1. The molecule has 0 radical (unpaired) electrons. The number of benzene rings is 3. The van der Waals surface area contributed by atoms with E-state index in [0.717, 1.165) is 10.3 Å². The number of hydrazine groups is 1. The van der Waals surface area contributed by atoms with E-state index in [1.807, 2.05) is 24.3 Å². The van der Waals surface area contributed by atoms with Gasteiger partial charge in [0.15, 0.2) is 11.7 Å². The Morgan fingerprint density at radius 2 is 1.96 bits per heavy atom. The number of carbonyl (C=O) groups is 4. The van der Waals surface area contributed by atoms with Crippen LogP contribution in [0.15, 0.2) is 60.7 Å². The Balaban J connectivity index is 1.20. The average Bonchev–Trinajstić information content (AvgIpc) is 3.63. The number of fused-ring (bicyclic) bond motifs is 3. The van der Waals surface area contributed by atoms with E-state index >= 15 is 0 Å². The van der Waals surface area contributed by atoms with Crippen LogP contribution in [0.25, 0.3) is 10.2 Å². The summed E-state index contributed by atoms with van der Waals surface area (Å²) in [4.78, 5) is 61.2. The Morgan fingerprint density at radius 3 is 2.76 bits per heavy atom. The number of para-hydroxylation sites is 1. The van der Waals surface area contributed by atoms with E-state index < -0.39 is 24.1 Å². The van der Waals surface area contributed by atoms with Crippen molar-refractivity contribution >= 4 is 56.1 Å². The van der Waals surface area contributed by atoms with Gasteiger partial charge in [0.1, 0.15) is 30.3 Å². The van der Waals surface area contributed by atoms with E-state index in [0.29, 0.717) is 33.2 Å². The fourth-order valence-corrected chi connectivity index (χ4v) is 7.23. The third-order valence-corrected chi connectivity index (χ3v) is 9.52. The zero-order chi connectivity index (χ0) is 34.2. The number of nitrogens with one attached hydrogen (secondary N) is 2. The molecule has 250 valence electrons. The Labute approximate surface area is 283 Å². The Bertz CT molecular complexity index is 2020. The summed E-state index contributed by atoms with van der Waals surface area (Å²) in [6.07, 6.45) is -0.683. The molecule has 0 bridgehead atoms. The molecule has 4 N–H and O–H groups in total. The predicted octanol–water partition coefficient (Wildman–Crippen LogP) is 2.42. The van der Waals surface area contributed by atoms with Gasteiger partial charge in [-0.15, -0.1) is 0 Å². The maximum Gasteiger partial charge on any atom is 0.333 e. The van der Waals surface area contributed by atoms with Gasteiger partial charge in [-0.25, -0.2) is 19.2 Å². The molecule has 2 atom stereocenters. The second kappa shape index (κ2) is 13.0. The number of carbonyl (C=O) groups excluding carboxylic acids is 4. The van der Waals surface area contributed by atoms with Crippen molar-refractivity contribution in [1.29, 1.82) is 5.26 Å². The van der Waals surface area contributed by atoms with Gasteiger partial charge in [-0.2, -0.15) is 10.3 Å². The maximum atomic E-state index is 14.3. The zero-order valence-corrected chi connectivity index (χ0v) is 26.8. The number of piperazine rings is 1. The van der Waals surface area contributed by atoms with Crippen molar-refractivity contribution in [2.24, 2.45) is 0 Å². The van der Waals surface area contributed by atoms with Crippen LogP contribution in [0.1, 0.15) is 16.7 Å². The van der Waals surface area contributed by atoms with Crippen LogP contribution >= 0.6 is 11.3 Å². The first kappa shape index (κ1) is 31.8. The van der Waals surface area contributed by atoms with Crippen LogP contribution in [0.4, 0.5) is 20.0 Å². The van der Waals surface area contributed by atoms with Crippen LogP contribution in [0.3, 0.4) is 0 Å². The number of hydrogen-bond donors (Lipinski definition) is 3. The summed E-state index contributed by atoms with van der Waals surface area (Å²) in [6, 6.07) is 16.9. The van der Waals surface area contributed by atoms with Crippen molar-refractivity contribution in [3.63, 3.8) is 0 Å². The fourth-order valence-electron chi connectivity index (χ4n) is 6.44. The molecule has 0 unspecified atom stereocenters. The molecular weight excluding hydrogens is 653 g/mol. The standard InChI is InChI=1S/C33H30FN9O5S/c34-22-7-4-19(5-8-22)14-37-33(47)41(11-10-35)42-17-29(45)43-24(13-20-6-9-25-23(12-20)38-27(44)18-48-25)31(46)40(16-28(42)43)15-21-2-1-3-26-30(21)39-32(36)49-26/h1-9,12,24,28H,11,13-18H2,(H2,36,39)(H,37,47)(H,38,44)/t24-,28+/m0/s1. The number of amides is 5. The third-order valence-electron chi connectivity index (χ3n) is 8.67. The van der Waals surface area contributed by atoms with Crippen molar-refractivity contribution in [1.82, 2.24) is 30.1 Å². The van der Waals surface area contributed by atoms with Gasteiger partial charge >= 0.3 is 6.03 Å². The second-order valence-corrected chi connectivity index (χ2v) is 12.9. The van der Waals surface area contributed by atoms with Gasteiger partial charge < -0.3 is 30.9 Å². The van der Waals surface area contributed by atoms with Gasteiger partial charge in [-0.3, -0.25) is 14.4 Å². The molecule has 3 aromatic carbocycles. The lowest BCUT2D eigenvalue weighted by Crippen LogP contribution is -2.66. The number of rotatable bonds is 8. The number of anilines is 2. The molecule has 1 aromatic heterocycles. The van der Waals surface area contributed by atoms with Crippen LogP contribution < -0.4 is 21.1 Å². The molecule has 5 amide bonds. The number of thiazole rings is 1. The van der Waals surface area contributed by atoms with E-state index in [2.05, 4.69) is 15.6 Å². The first-order valence-electron chi connectivity index (χ1n) is 15.4. The highest BCUT2D eigenvalue weighted by molar-refractivity contribution is 7.22. The largest absolute Gasteiger partial charge is 0.482 e. The smallest absolute Gasteiger partial charge is 0.333 e. The van der Waals surface area contributed by atoms with E-state index in [1.54, 1.807) is 23.1 Å². The summed E-state index contributed by atoms with van der Waals surface area (Å²) in [7, 11) is 0. The molecule has 3 aliphatic heterocycles. The van der Waals surface area contributed by atoms with E-state index in [4.69, 9.17) is 10.5 Å². The number of aromatic nitrogens is 1. The number of nitrogens with zero attached hydrogens (tertiary/aromatic N) is 6. The van der Waals surface area contributed by atoms with Crippen molar-refractivity contribution in [3.8, 4) is 11.8 Å². The van der Waals surface area contributed by atoms with Gasteiger partial charge in [0.2, 0.25) is 11.8 Å². The molecule has 3 aliphatic rings. The summed E-state index contributed by atoms with van der Waals surface area (Å²) < 4.78 is 19.8. The molecule has 0 saturated carbocycles. The SMILES string of the molecule is N#CCN(C(=O)NCc1ccc(F)cc1)N1CC(=O)N2[C@@H](Cc3ccc4c(c3)NC(=O)CO4)C(=O)N(Cc3cccc4sc(N)nc34)C[C@@H]21. The highest BCUT2D eigenvalue weighted by Gasteiger charge is 2.52. The van der Waals surface area contributed by atoms with Gasteiger partial charge in [0.05, 0.1) is 35.1 Å². The van der Waals surface area contributed by atoms with Crippen molar-refractivity contribution in [3.05, 3.63) is 83.2 Å². The summed E-state index contributed by atoms with van der Waals surface area (Å²) in [5.74, 6) is -0.915. The number of nitriles is 1. The van der Waals surface area contributed by atoms with Crippen molar-refractivity contribution < 1.29 is 28.3 Å². The number of ether oxygens (including phenoxy) is 1. The normalized spacial score (nSPS) is 18.8. The van der Waals surface area contributed by atoms with E-state index in [1.165, 1.54) is 50.5 Å². The van der Waals surface area contributed by atoms with Crippen LogP contribution in [0.5, 0.6) is 5.75 Å². The fraction of sp³-hybridized carbons (Fsp3) is 0.273. The molecular formula is C33H30FN9O5S. The van der Waals surface area contributed by atoms with Gasteiger partial charge in [-0.1, -0.05) is 41.7 Å². The van der Waals surface area contributed by atoms with Gasteiger partial charge in [0, 0.05) is 19.5 Å². The molecule has 16 heteroatoms. The summed E-state index contributed by atoms with van der Waals surface area (Å²) in [6.45, 7) is -0.461. The molecule has 14 nitrogen and oxygen atoms in total. The summed E-state index contributed by atoms with van der Waals surface area (Å²) in [5, 5.41) is 18.3.